The number of hydrogen-bond acceptors (Lipinski definition) is 5. The first kappa shape index (κ1) is 11.6. The van der Waals surface area contributed by atoms with Crippen molar-refractivity contribution in [3.05, 3.63) is 42.0 Å². The Morgan fingerprint density at radius 3 is 2.67 bits per heavy atom. The molecule has 0 radical (unpaired) electrons. The summed E-state index contributed by atoms with van der Waals surface area (Å²) in [5.74, 6) is 0.279. The summed E-state index contributed by atoms with van der Waals surface area (Å²) in [5, 5.41) is 12.6. The Morgan fingerprint density at radius 2 is 1.89 bits per heavy atom. The molecule has 0 saturated carbocycles. The van der Waals surface area contributed by atoms with E-state index in [0.29, 0.717) is 0 Å². The van der Waals surface area contributed by atoms with Gasteiger partial charge in [0, 0.05) is 27.3 Å². The predicted octanol–water partition coefficient (Wildman–Crippen LogP) is 4.53. The van der Waals surface area contributed by atoms with E-state index in [1.54, 1.807) is 33.9 Å². The van der Waals surface area contributed by atoms with Gasteiger partial charge in [0.2, 0.25) is 0 Å². The number of nitrogens with one attached hydrogen (secondary N) is 2. The van der Waals surface area contributed by atoms with Gasteiger partial charge in [-0.15, -0.1) is 0 Å². The predicted molar refractivity (Wildman–Crippen MR) is 79.6 cm³/mol. The molecule has 0 aromatic heterocycles. The van der Waals surface area contributed by atoms with Gasteiger partial charge >= 0.3 is 0 Å². The van der Waals surface area contributed by atoms with Gasteiger partial charge in [0.1, 0.15) is 5.75 Å². The van der Waals surface area contributed by atoms with Crippen LogP contribution in [-0.4, -0.2) is 5.11 Å². The fourth-order valence-electron chi connectivity index (χ4n) is 1.84. The summed E-state index contributed by atoms with van der Waals surface area (Å²) in [5.41, 5.74) is 4.47. The van der Waals surface area contributed by atoms with Gasteiger partial charge in [-0.1, -0.05) is 0 Å². The maximum Gasteiger partial charge on any atom is 0.115 e. The lowest BCUT2D eigenvalue weighted by molar-refractivity contribution is 0.475. The van der Waals surface area contributed by atoms with Gasteiger partial charge in [-0.05, 0) is 59.7 Å². The van der Waals surface area contributed by atoms with Crippen molar-refractivity contribution < 1.29 is 5.11 Å². The molecule has 0 unspecified atom stereocenters. The smallest absolute Gasteiger partial charge is 0.115 e. The van der Waals surface area contributed by atoms with Crippen LogP contribution in [-0.2, 0) is 0 Å². The summed E-state index contributed by atoms with van der Waals surface area (Å²) in [7, 11) is 3.37. The van der Waals surface area contributed by atoms with E-state index in [4.69, 9.17) is 0 Å². The van der Waals surface area contributed by atoms with Crippen LogP contribution in [0.1, 0.15) is 5.56 Å². The number of phenolic OH excluding ortho intramolecular Hbond substituents is 1. The van der Waals surface area contributed by atoms with E-state index in [9.17, 15) is 5.11 Å². The van der Waals surface area contributed by atoms with Crippen molar-refractivity contribution in [2.75, 3.05) is 10.0 Å². The third kappa shape index (κ3) is 2.23. The van der Waals surface area contributed by atoms with Gasteiger partial charge in [0.15, 0.2) is 0 Å². The van der Waals surface area contributed by atoms with Crippen LogP contribution in [0.3, 0.4) is 0 Å². The van der Waals surface area contributed by atoms with E-state index in [0.717, 1.165) is 11.4 Å². The lowest BCUT2D eigenvalue weighted by Crippen LogP contribution is -1.92. The van der Waals surface area contributed by atoms with Gasteiger partial charge in [0.25, 0.3) is 0 Å². The first-order chi connectivity index (χ1) is 8.72. The molecule has 2 aromatic carbocycles. The third-order valence-electron chi connectivity index (χ3n) is 2.73. The van der Waals surface area contributed by atoms with Gasteiger partial charge in [-0.25, -0.2) is 0 Å². The first-order valence-electron chi connectivity index (χ1n) is 5.52. The van der Waals surface area contributed by atoms with Crippen LogP contribution in [0.5, 0.6) is 5.75 Å². The molecule has 92 valence electrons. The zero-order valence-corrected chi connectivity index (χ0v) is 11.4. The Labute approximate surface area is 114 Å². The molecule has 3 nitrogen and oxygen atoms in total. The standard InChI is InChI=1S/C13H12N2OS2/c1-8-6-10(7-12-13(8)15-18-17-12)14-9-2-4-11(16)5-3-9/h2-7,14-16H,1H3. The van der Waals surface area contributed by atoms with Crippen molar-refractivity contribution >= 4 is 38.8 Å². The zero-order chi connectivity index (χ0) is 12.5. The maximum atomic E-state index is 9.25. The van der Waals surface area contributed by atoms with Crippen LogP contribution in [0.2, 0.25) is 0 Å². The molecule has 0 aliphatic carbocycles. The van der Waals surface area contributed by atoms with Crippen molar-refractivity contribution in [3.63, 3.8) is 0 Å². The van der Waals surface area contributed by atoms with Gasteiger partial charge in [0.05, 0.1) is 5.69 Å². The molecule has 2 aromatic rings. The molecule has 0 bridgehead atoms. The molecule has 1 heterocycles. The van der Waals surface area contributed by atoms with E-state index in [-0.39, 0.29) is 5.75 Å². The molecule has 0 fully saturated rings. The lowest BCUT2D eigenvalue weighted by Gasteiger charge is -2.10. The van der Waals surface area contributed by atoms with Crippen molar-refractivity contribution in [1.82, 2.24) is 0 Å². The summed E-state index contributed by atoms with van der Waals surface area (Å²) in [6.07, 6.45) is 0. The van der Waals surface area contributed by atoms with E-state index in [1.165, 1.54) is 16.1 Å². The second-order valence-corrected chi connectivity index (χ2v) is 6.08. The molecule has 0 spiro atoms. The normalized spacial score (nSPS) is 12.9. The minimum atomic E-state index is 0.279. The number of rotatable bonds is 2. The summed E-state index contributed by atoms with van der Waals surface area (Å²) < 4.78 is 3.29. The summed E-state index contributed by atoms with van der Waals surface area (Å²) in [6, 6.07) is 11.3. The second kappa shape index (κ2) is 4.66. The van der Waals surface area contributed by atoms with E-state index in [2.05, 4.69) is 29.1 Å². The Hall–Kier alpha value is -1.46. The van der Waals surface area contributed by atoms with Crippen LogP contribution < -0.4 is 10.0 Å². The first-order valence-corrected chi connectivity index (χ1v) is 7.67. The molecule has 5 heteroatoms. The van der Waals surface area contributed by atoms with Crippen LogP contribution in [0, 0.1) is 6.92 Å². The zero-order valence-electron chi connectivity index (χ0n) is 9.73. The van der Waals surface area contributed by atoms with Crippen LogP contribution in [0.25, 0.3) is 0 Å². The summed E-state index contributed by atoms with van der Waals surface area (Å²) >= 11 is 0. The second-order valence-electron chi connectivity index (χ2n) is 4.11. The molecule has 1 aliphatic rings. The minimum absolute atomic E-state index is 0.279. The van der Waals surface area contributed by atoms with Crippen molar-refractivity contribution in [1.29, 1.82) is 0 Å². The minimum Gasteiger partial charge on any atom is -0.508 e. The molecule has 0 atom stereocenters. The highest BCUT2D eigenvalue weighted by atomic mass is 33.1. The molecule has 0 amide bonds. The number of fused-ring (bicyclic) bond motifs is 1. The van der Waals surface area contributed by atoms with Crippen LogP contribution in [0.4, 0.5) is 17.1 Å². The van der Waals surface area contributed by atoms with Gasteiger partial charge < -0.3 is 15.1 Å². The Kier molecular flexibility index (Phi) is 3.01. The highest BCUT2D eigenvalue weighted by Gasteiger charge is 2.15. The van der Waals surface area contributed by atoms with Crippen molar-refractivity contribution in [2.24, 2.45) is 0 Å². The number of phenols is 1. The molecule has 3 rings (SSSR count). The van der Waals surface area contributed by atoms with Crippen molar-refractivity contribution in [2.45, 2.75) is 11.8 Å². The Bertz CT molecular complexity index is 584. The monoisotopic (exact) mass is 276 g/mol. The SMILES string of the molecule is Cc1cc(Nc2ccc(O)cc2)cc2c1NSS2. The fourth-order valence-corrected chi connectivity index (χ4v) is 3.90. The van der Waals surface area contributed by atoms with E-state index in [1.807, 2.05) is 12.1 Å². The topological polar surface area (TPSA) is 44.3 Å². The van der Waals surface area contributed by atoms with Crippen molar-refractivity contribution in [3.8, 4) is 5.75 Å². The molecule has 18 heavy (non-hydrogen) atoms. The average molecular weight is 276 g/mol. The quantitative estimate of drug-likeness (QED) is 0.427. The Morgan fingerprint density at radius 1 is 1.11 bits per heavy atom. The molecule has 0 saturated heterocycles. The number of aromatic hydroxyl groups is 1. The Balaban J connectivity index is 1.89. The average Bonchev–Trinajstić information content (AvgIpc) is 2.81. The van der Waals surface area contributed by atoms with E-state index >= 15 is 0 Å². The molecule has 3 N–H and O–H groups in total. The molecule has 1 aliphatic heterocycles. The summed E-state index contributed by atoms with van der Waals surface area (Å²) in [6.45, 7) is 2.10. The fraction of sp³-hybridized carbons (Fsp3) is 0.0769. The highest BCUT2D eigenvalue weighted by molar-refractivity contribution is 8.77. The van der Waals surface area contributed by atoms with Crippen LogP contribution in [0.15, 0.2) is 41.3 Å². The highest BCUT2D eigenvalue weighted by Crippen LogP contribution is 2.47. The third-order valence-corrected chi connectivity index (χ3v) is 4.64. The van der Waals surface area contributed by atoms with Gasteiger partial charge in [-0.3, -0.25) is 0 Å². The molecular weight excluding hydrogens is 264 g/mol. The van der Waals surface area contributed by atoms with Crippen LogP contribution >= 0.6 is 21.8 Å². The number of hydrogen-bond donors (Lipinski definition) is 3. The molecular formula is C13H12N2OS2. The number of aryl methyl sites for hydroxylation is 1. The maximum absolute atomic E-state index is 9.25. The largest absolute Gasteiger partial charge is 0.508 e. The summed E-state index contributed by atoms with van der Waals surface area (Å²) in [4.78, 5) is 1.25. The number of anilines is 3. The number of benzene rings is 2. The lowest BCUT2D eigenvalue weighted by atomic mass is 10.1. The van der Waals surface area contributed by atoms with Gasteiger partial charge in [-0.2, -0.15) is 0 Å². The van der Waals surface area contributed by atoms with E-state index < -0.39 is 0 Å².